The van der Waals surface area contributed by atoms with E-state index in [0.717, 1.165) is 16.0 Å². The molecule has 0 saturated carbocycles. The van der Waals surface area contributed by atoms with Crippen molar-refractivity contribution >= 4 is 28.7 Å². The molecule has 3 heteroatoms. The van der Waals surface area contributed by atoms with Crippen LogP contribution in [0.2, 0.25) is 5.02 Å². The van der Waals surface area contributed by atoms with Gasteiger partial charge in [0.15, 0.2) is 5.78 Å². The average Bonchev–Trinajstić information content (AvgIpc) is 2.75. The first-order valence-corrected chi connectivity index (χ1v) is 6.24. The third-order valence-corrected chi connectivity index (χ3v) is 3.62. The fourth-order valence-corrected chi connectivity index (χ4v) is 2.46. The number of aryl methyl sites for hydroxylation is 1. The maximum atomic E-state index is 11.9. The Morgan fingerprint density at radius 2 is 2.19 bits per heavy atom. The van der Waals surface area contributed by atoms with Crippen molar-refractivity contribution in [2.75, 3.05) is 0 Å². The number of hydrogen-bond acceptors (Lipinski definition) is 2. The molecule has 2 rings (SSSR count). The molecule has 1 heterocycles. The molecule has 16 heavy (non-hydrogen) atoms. The highest BCUT2D eigenvalue weighted by Crippen LogP contribution is 2.20. The number of halogens is 1. The minimum Gasteiger partial charge on any atom is -0.293 e. The molecule has 1 nitrogen and oxygen atoms in total. The Morgan fingerprint density at radius 1 is 1.38 bits per heavy atom. The van der Waals surface area contributed by atoms with E-state index in [-0.39, 0.29) is 5.78 Å². The number of rotatable bonds is 3. The van der Waals surface area contributed by atoms with Crippen molar-refractivity contribution in [2.45, 2.75) is 13.3 Å². The van der Waals surface area contributed by atoms with Gasteiger partial charge >= 0.3 is 0 Å². The zero-order chi connectivity index (χ0) is 11.5. The normalized spacial score (nSPS) is 10.4. The second-order valence-corrected chi connectivity index (χ2v) is 5.03. The number of Topliss-reactive ketones (excluding diaryl/α,β-unsaturated/α-hetero) is 1. The van der Waals surface area contributed by atoms with Crippen LogP contribution < -0.4 is 0 Å². The van der Waals surface area contributed by atoms with Crippen LogP contribution in [-0.2, 0) is 6.42 Å². The van der Waals surface area contributed by atoms with E-state index in [1.54, 1.807) is 0 Å². The lowest BCUT2D eigenvalue weighted by Crippen LogP contribution is -2.01. The highest BCUT2D eigenvalue weighted by Gasteiger charge is 2.10. The number of carbonyl (C=O) groups is 1. The van der Waals surface area contributed by atoms with E-state index in [9.17, 15) is 4.79 Å². The highest BCUT2D eigenvalue weighted by atomic mass is 35.5. The Bertz CT molecular complexity index is 503. The molecule has 0 unspecified atom stereocenters. The molecular weight excluding hydrogens is 240 g/mol. The van der Waals surface area contributed by atoms with Crippen molar-refractivity contribution in [2.24, 2.45) is 0 Å². The van der Waals surface area contributed by atoms with Crippen molar-refractivity contribution in [1.29, 1.82) is 0 Å². The van der Waals surface area contributed by atoms with E-state index in [4.69, 9.17) is 11.6 Å². The maximum absolute atomic E-state index is 11.9. The van der Waals surface area contributed by atoms with Gasteiger partial charge in [0.1, 0.15) is 0 Å². The second-order valence-electron chi connectivity index (χ2n) is 3.67. The van der Waals surface area contributed by atoms with Gasteiger partial charge in [0.25, 0.3) is 0 Å². The summed E-state index contributed by atoms with van der Waals surface area (Å²) < 4.78 is 0. The monoisotopic (exact) mass is 250 g/mol. The summed E-state index contributed by atoms with van der Waals surface area (Å²) in [6.45, 7) is 1.98. The van der Waals surface area contributed by atoms with Crippen LogP contribution in [0.1, 0.15) is 20.8 Å². The minimum absolute atomic E-state index is 0.126. The van der Waals surface area contributed by atoms with Crippen molar-refractivity contribution < 1.29 is 4.79 Å². The van der Waals surface area contributed by atoms with Crippen LogP contribution in [0.5, 0.6) is 0 Å². The predicted molar refractivity (Wildman–Crippen MR) is 68.5 cm³/mol. The van der Waals surface area contributed by atoms with Crippen molar-refractivity contribution in [1.82, 2.24) is 0 Å². The molecule has 0 fully saturated rings. The van der Waals surface area contributed by atoms with E-state index in [0.29, 0.717) is 11.4 Å². The number of carbonyl (C=O) groups excluding carboxylic acids is 1. The third kappa shape index (κ3) is 2.52. The average molecular weight is 251 g/mol. The summed E-state index contributed by atoms with van der Waals surface area (Å²) in [6, 6.07) is 9.51. The van der Waals surface area contributed by atoms with E-state index < -0.39 is 0 Å². The van der Waals surface area contributed by atoms with Crippen LogP contribution in [0.25, 0.3) is 0 Å². The Balaban J connectivity index is 2.18. The highest BCUT2D eigenvalue weighted by molar-refractivity contribution is 7.12. The van der Waals surface area contributed by atoms with E-state index in [1.165, 1.54) is 11.3 Å². The van der Waals surface area contributed by atoms with Crippen LogP contribution >= 0.6 is 22.9 Å². The van der Waals surface area contributed by atoms with Gasteiger partial charge in [0.2, 0.25) is 0 Å². The van der Waals surface area contributed by atoms with Crippen LogP contribution in [0.15, 0.2) is 35.7 Å². The zero-order valence-electron chi connectivity index (χ0n) is 8.87. The third-order valence-electron chi connectivity index (χ3n) is 2.36. The molecule has 0 atom stereocenters. The van der Waals surface area contributed by atoms with Gasteiger partial charge in [0, 0.05) is 11.4 Å². The lowest BCUT2D eigenvalue weighted by molar-refractivity contribution is 0.0997. The Morgan fingerprint density at radius 3 is 2.81 bits per heavy atom. The molecule has 1 aromatic heterocycles. The summed E-state index contributed by atoms with van der Waals surface area (Å²) in [5, 5.41) is 2.58. The van der Waals surface area contributed by atoms with Crippen LogP contribution in [0.4, 0.5) is 0 Å². The molecule has 0 aliphatic heterocycles. The summed E-state index contributed by atoms with van der Waals surface area (Å²) >= 11 is 7.55. The van der Waals surface area contributed by atoms with Crippen LogP contribution in [-0.4, -0.2) is 5.78 Å². The molecule has 1 aromatic carbocycles. The zero-order valence-corrected chi connectivity index (χ0v) is 10.4. The molecule has 0 amide bonds. The van der Waals surface area contributed by atoms with Crippen LogP contribution in [0, 0.1) is 6.92 Å². The van der Waals surface area contributed by atoms with E-state index >= 15 is 0 Å². The van der Waals surface area contributed by atoms with Crippen molar-refractivity contribution in [3.8, 4) is 0 Å². The van der Waals surface area contributed by atoms with E-state index in [2.05, 4.69) is 0 Å². The van der Waals surface area contributed by atoms with Gasteiger partial charge in [-0.25, -0.2) is 0 Å². The molecule has 0 bridgehead atoms. The standard InChI is InChI=1S/C13H11ClOS/c1-9-4-5-10(11(14)7-9)8-12(15)13-3-2-6-16-13/h2-7H,8H2,1H3. The quantitative estimate of drug-likeness (QED) is 0.749. The lowest BCUT2D eigenvalue weighted by Gasteiger charge is -2.03. The van der Waals surface area contributed by atoms with Crippen LogP contribution in [0.3, 0.4) is 0 Å². The number of benzene rings is 1. The lowest BCUT2D eigenvalue weighted by atomic mass is 10.1. The topological polar surface area (TPSA) is 17.1 Å². The molecule has 0 aliphatic carbocycles. The van der Waals surface area contributed by atoms with Gasteiger partial charge in [-0.2, -0.15) is 0 Å². The van der Waals surface area contributed by atoms with Gasteiger partial charge < -0.3 is 0 Å². The van der Waals surface area contributed by atoms with Crippen molar-refractivity contribution in [3.05, 3.63) is 56.7 Å². The molecule has 0 N–H and O–H groups in total. The maximum Gasteiger partial charge on any atom is 0.177 e. The van der Waals surface area contributed by atoms with Crippen molar-refractivity contribution in [3.63, 3.8) is 0 Å². The summed E-state index contributed by atoms with van der Waals surface area (Å²) in [5.41, 5.74) is 2.00. The predicted octanol–water partition coefficient (Wildman–Crippen LogP) is 4.14. The SMILES string of the molecule is Cc1ccc(CC(=O)c2cccs2)c(Cl)c1. The minimum atomic E-state index is 0.126. The van der Waals surface area contributed by atoms with Gasteiger partial charge in [-0.05, 0) is 35.6 Å². The molecule has 82 valence electrons. The fourth-order valence-electron chi connectivity index (χ4n) is 1.49. The first-order valence-electron chi connectivity index (χ1n) is 4.98. The van der Waals surface area contributed by atoms with Gasteiger partial charge in [0.05, 0.1) is 4.88 Å². The van der Waals surface area contributed by atoms with Gasteiger partial charge in [-0.3, -0.25) is 4.79 Å². The Labute approximate surface area is 104 Å². The molecule has 0 spiro atoms. The summed E-state index contributed by atoms with van der Waals surface area (Å²) in [4.78, 5) is 12.7. The Kier molecular flexibility index (Phi) is 3.42. The largest absolute Gasteiger partial charge is 0.293 e. The van der Waals surface area contributed by atoms with Gasteiger partial charge in [-0.1, -0.05) is 29.8 Å². The molecule has 0 saturated heterocycles. The smallest absolute Gasteiger partial charge is 0.177 e. The summed E-state index contributed by atoms with van der Waals surface area (Å²) in [6.07, 6.45) is 0.375. The van der Waals surface area contributed by atoms with E-state index in [1.807, 2.05) is 42.6 Å². The summed E-state index contributed by atoms with van der Waals surface area (Å²) in [5.74, 6) is 0.126. The summed E-state index contributed by atoms with van der Waals surface area (Å²) in [7, 11) is 0. The molecule has 0 radical (unpaired) electrons. The number of thiophene rings is 1. The second kappa shape index (κ2) is 4.81. The first-order chi connectivity index (χ1) is 7.66. The molecule has 0 aliphatic rings. The molecular formula is C13H11ClOS. The first kappa shape index (κ1) is 11.4. The number of ketones is 1. The Hall–Kier alpha value is -1.12. The van der Waals surface area contributed by atoms with Gasteiger partial charge in [-0.15, -0.1) is 11.3 Å². The molecule has 2 aromatic rings. The number of hydrogen-bond donors (Lipinski definition) is 0. The fraction of sp³-hybridized carbons (Fsp3) is 0.154.